The van der Waals surface area contributed by atoms with Gasteiger partial charge >= 0.3 is 0 Å². The number of rotatable bonds is 27. The third-order valence-electron chi connectivity index (χ3n) is 16.4. The molecule has 0 bridgehead atoms. The van der Waals surface area contributed by atoms with Crippen molar-refractivity contribution in [3.05, 3.63) is 213 Å². The highest BCUT2D eigenvalue weighted by molar-refractivity contribution is 5.82. The van der Waals surface area contributed by atoms with Crippen molar-refractivity contribution in [1.82, 2.24) is 0 Å². The lowest BCUT2D eigenvalue weighted by Gasteiger charge is -2.27. The summed E-state index contributed by atoms with van der Waals surface area (Å²) >= 11 is 0. The van der Waals surface area contributed by atoms with Crippen LogP contribution in [0.2, 0.25) is 0 Å². The van der Waals surface area contributed by atoms with E-state index in [9.17, 15) is 20.4 Å². The van der Waals surface area contributed by atoms with Crippen LogP contribution >= 0.6 is 0 Å². The summed E-state index contributed by atoms with van der Waals surface area (Å²) < 4.78 is 75.3. The van der Waals surface area contributed by atoms with Gasteiger partial charge in [0.2, 0.25) is 0 Å². The van der Waals surface area contributed by atoms with Crippen LogP contribution in [-0.4, -0.2) is 88.5 Å². The molecule has 0 aromatic heterocycles. The lowest BCUT2D eigenvalue weighted by molar-refractivity contribution is -0.000685. The van der Waals surface area contributed by atoms with Gasteiger partial charge in [0.1, 0.15) is 37.6 Å². The van der Waals surface area contributed by atoms with Crippen molar-refractivity contribution in [2.75, 3.05) is 55.9 Å². The average Bonchev–Trinajstić information content (AvgIpc) is 1.67. The first kappa shape index (κ1) is 63.7. The molecule has 16 nitrogen and oxygen atoms in total. The van der Waals surface area contributed by atoms with Gasteiger partial charge in [-0.3, -0.25) is 0 Å². The molecule has 2 heterocycles. The quantitative estimate of drug-likeness (QED) is 0.0380. The molecule has 0 amide bonds. The number of benzene rings is 8. The van der Waals surface area contributed by atoms with Gasteiger partial charge in [-0.15, -0.1) is 0 Å². The fourth-order valence-electron chi connectivity index (χ4n) is 11.7. The van der Waals surface area contributed by atoms with E-state index < -0.39 is 49.8 Å². The summed E-state index contributed by atoms with van der Waals surface area (Å²) in [5, 5.41) is 47.5. The van der Waals surface area contributed by atoms with Crippen LogP contribution < -0.4 is 56.8 Å². The Kier molecular flexibility index (Phi) is 20.4. The number of aliphatic hydroxyl groups is 4. The Morgan fingerprint density at radius 1 is 0.433 bits per heavy atom. The fourth-order valence-corrected chi connectivity index (χ4v) is 11.7. The predicted molar refractivity (Wildman–Crippen MR) is 344 cm³/mol. The molecule has 4 N–H and O–H groups in total. The highest BCUT2D eigenvalue weighted by Gasteiger charge is 2.38. The molecule has 8 atom stereocenters. The van der Waals surface area contributed by atoms with Gasteiger partial charge in [-0.05, 0) is 131 Å². The Bertz CT molecular complexity index is 3580. The third-order valence-corrected chi connectivity index (χ3v) is 16.4. The maximum atomic E-state index is 12.6. The van der Waals surface area contributed by atoms with Gasteiger partial charge in [-0.25, -0.2) is 0 Å². The number of aliphatic hydroxyl groups excluding tert-OH is 4. The zero-order chi connectivity index (χ0) is 63.6. The molecule has 0 fully saturated rings. The maximum Gasteiger partial charge on any atom is 0.169 e. The Balaban J connectivity index is 1.01. The summed E-state index contributed by atoms with van der Waals surface area (Å²) in [7, 11) is 9.26. The molecule has 90 heavy (non-hydrogen) atoms. The molecule has 8 unspecified atom stereocenters. The molecular formula is C74H78O16. The van der Waals surface area contributed by atoms with E-state index in [1.807, 2.05) is 135 Å². The van der Waals surface area contributed by atoms with Crippen molar-refractivity contribution in [2.24, 2.45) is 0 Å². The fraction of sp³-hybridized carbons (Fsp3) is 0.297. The molecule has 470 valence electrons. The Morgan fingerprint density at radius 3 is 1.16 bits per heavy atom. The molecule has 8 aromatic carbocycles. The average molecular weight is 1220 g/mol. The summed E-state index contributed by atoms with van der Waals surface area (Å²) in [6, 6.07) is 44.8. The van der Waals surface area contributed by atoms with Gasteiger partial charge < -0.3 is 77.3 Å². The number of methoxy groups -OCH3 is 6. The van der Waals surface area contributed by atoms with Crippen molar-refractivity contribution < 1.29 is 77.3 Å². The van der Waals surface area contributed by atoms with Crippen LogP contribution in [0.25, 0.3) is 23.3 Å². The Hall–Kier alpha value is -9.32. The summed E-state index contributed by atoms with van der Waals surface area (Å²) in [4.78, 5) is 0. The Labute approximate surface area is 525 Å². The van der Waals surface area contributed by atoms with Crippen molar-refractivity contribution >= 4 is 12.2 Å². The van der Waals surface area contributed by atoms with Crippen molar-refractivity contribution in [1.29, 1.82) is 0 Å². The second-order valence-corrected chi connectivity index (χ2v) is 22.1. The van der Waals surface area contributed by atoms with Crippen LogP contribution in [0.3, 0.4) is 0 Å². The van der Waals surface area contributed by atoms with E-state index in [2.05, 4.69) is 26.0 Å². The molecule has 2 aliphatic heterocycles. The monoisotopic (exact) mass is 1220 g/mol. The summed E-state index contributed by atoms with van der Waals surface area (Å²) in [6.07, 6.45) is 1.64. The second kappa shape index (κ2) is 28.9. The first-order valence-electron chi connectivity index (χ1n) is 29.9. The number of fused-ring (bicyclic) bond motifs is 2. The zero-order valence-electron chi connectivity index (χ0n) is 52.3. The summed E-state index contributed by atoms with van der Waals surface area (Å²) in [5.41, 5.74) is 8.55. The molecule has 8 aromatic rings. The third kappa shape index (κ3) is 13.3. The van der Waals surface area contributed by atoms with Gasteiger partial charge in [0.15, 0.2) is 81.2 Å². The molecule has 10 rings (SSSR count). The highest BCUT2D eigenvalue weighted by Crippen LogP contribution is 2.55. The van der Waals surface area contributed by atoms with Crippen molar-refractivity contribution in [3.8, 4) is 80.1 Å². The van der Waals surface area contributed by atoms with E-state index in [1.54, 1.807) is 50.6 Å². The van der Waals surface area contributed by atoms with Crippen LogP contribution in [0, 0.1) is 0 Å². The van der Waals surface area contributed by atoms with Crippen molar-refractivity contribution in [2.45, 2.75) is 89.4 Å². The minimum absolute atomic E-state index is 0.0537. The van der Waals surface area contributed by atoms with E-state index in [0.29, 0.717) is 45.6 Å². The van der Waals surface area contributed by atoms with Gasteiger partial charge in [0.05, 0.1) is 55.9 Å². The minimum atomic E-state index is -1.52. The minimum Gasteiger partial charge on any atom is -0.493 e. The highest BCUT2D eigenvalue weighted by atomic mass is 16.6. The van der Waals surface area contributed by atoms with E-state index in [0.717, 1.165) is 44.5 Å². The number of allylic oxidation sites excluding steroid dienone is 2. The van der Waals surface area contributed by atoms with Crippen LogP contribution in [0.5, 0.6) is 69.0 Å². The predicted octanol–water partition coefficient (Wildman–Crippen LogP) is 14.1. The van der Waals surface area contributed by atoms with E-state index >= 15 is 0 Å². The summed E-state index contributed by atoms with van der Waals surface area (Å²) in [5.74, 6) is 4.63. The molecule has 0 aliphatic carbocycles. The van der Waals surface area contributed by atoms with Crippen molar-refractivity contribution in [3.63, 3.8) is 0 Å². The van der Waals surface area contributed by atoms with Gasteiger partial charge in [-0.1, -0.05) is 111 Å². The van der Waals surface area contributed by atoms with Crippen LogP contribution in [0.4, 0.5) is 0 Å². The van der Waals surface area contributed by atoms with Gasteiger partial charge in [0.25, 0.3) is 0 Å². The number of hydrogen-bond acceptors (Lipinski definition) is 16. The zero-order valence-corrected chi connectivity index (χ0v) is 52.3. The second-order valence-electron chi connectivity index (χ2n) is 22.1. The van der Waals surface area contributed by atoms with Gasteiger partial charge in [0, 0.05) is 34.1 Å². The number of hydrogen-bond donors (Lipinski definition) is 4. The number of ether oxygens (including phenoxy) is 12. The molecule has 0 saturated carbocycles. The molecule has 2 aliphatic rings. The first-order chi connectivity index (χ1) is 43.8. The smallest absolute Gasteiger partial charge is 0.169 e. The molecule has 0 radical (unpaired) electrons. The lowest BCUT2D eigenvalue weighted by atomic mass is 9.91. The van der Waals surface area contributed by atoms with Crippen LogP contribution in [-0.2, 0) is 13.2 Å². The topological polar surface area (TPSA) is 192 Å². The SMILES string of the molecule is C/C=C/c1cc(OC)c2c(c1)C(C)C(c1ccc(OC(CO)C(O)c3cc(OC)c(OCc4ccccc4)c(-c4cc(C(O)C(CO)Oc5ccc(C6Oc7c(OC)cc(/C=C/C)cc7C6C)cc5OC)cc(OC)c4OCc4ccccc4)c3)c(OC)c1)O2. The first-order valence-corrected chi connectivity index (χ1v) is 29.9. The largest absolute Gasteiger partial charge is 0.493 e. The Morgan fingerprint density at radius 2 is 0.811 bits per heavy atom. The standard InChI is InChI=1S/C74H78O16/c1-11-19-47-29-53-43(3)69(89-73(53)61(31-47)81-7)49-25-27-57(59(35-49)79-5)87-65(39-75)67(77)51-33-55(71(63(37-51)83-9)85-41-45-21-15-13-16-22-45)56-34-52(38-64(84-10)72(56)86-42-46-23-17-14-18-24-46)68(78)66(40-76)88-58-28-26-50(36-60(58)80-6)70-44(4)54-30-48(20-12-2)32-62(82-8)74(54)90-70/h11-38,43-44,65-70,75-78H,39-42H2,1-10H3/b19-11+,20-12+. The molecule has 0 spiro atoms. The van der Waals surface area contributed by atoms with E-state index in [1.165, 1.54) is 28.4 Å². The molecule has 16 heteroatoms. The van der Waals surface area contributed by atoms with Crippen LogP contribution in [0.1, 0.15) is 120 Å². The molecular weight excluding hydrogens is 1140 g/mol. The van der Waals surface area contributed by atoms with Gasteiger partial charge in [-0.2, -0.15) is 0 Å². The normalized spacial score (nSPS) is 17.1. The van der Waals surface area contributed by atoms with E-state index in [-0.39, 0.29) is 70.7 Å². The maximum absolute atomic E-state index is 12.6. The summed E-state index contributed by atoms with van der Waals surface area (Å²) in [6.45, 7) is 7.06. The van der Waals surface area contributed by atoms with E-state index in [4.69, 9.17) is 56.8 Å². The lowest BCUT2D eigenvalue weighted by Crippen LogP contribution is -2.29. The molecule has 0 saturated heterocycles. The van der Waals surface area contributed by atoms with Crippen LogP contribution in [0.15, 0.2) is 158 Å².